The minimum absolute atomic E-state index is 0. The molecule has 0 fully saturated rings. The van der Waals surface area contributed by atoms with Crippen LogP contribution in [0.5, 0.6) is 0 Å². The Morgan fingerprint density at radius 1 is 0.508 bits per heavy atom. The third-order valence-corrected chi connectivity index (χ3v) is 11.4. The summed E-state index contributed by atoms with van der Waals surface area (Å²) in [5.41, 5.74) is 14.5. The van der Waals surface area contributed by atoms with Crippen LogP contribution in [0.2, 0.25) is 5.15 Å². The molecule has 0 spiro atoms. The zero-order valence-electron chi connectivity index (χ0n) is 40.3. The van der Waals surface area contributed by atoms with E-state index in [0.717, 1.165) is 17.0 Å². The molecule has 8 aromatic rings. The van der Waals surface area contributed by atoms with Gasteiger partial charge in [0.2, 0.25) is 0 Å². The molecule has 11 rings (SSSR count). The maximum absolute atomic E-state index is 8.58. The van der Waals surface area contributed by atoms with Gasteiger partial charge in [0.1, 0.15) is 5.15 Å². The summed E-state index contributed by atoms with van der Waals surface area (Å²) >= 11 is 5.77. The van der Waals surface area contributed by atoms with Crippen molar-refractivity contribution in [1.29, 1.82) is 0 Å². The van der Waals surface area contributed by atoms with Crippen molar-refractivity contribution in [2.45, 2.75) is 77.0 Å². The summed E-state index contributed by atoms with van der Waals surface area (Å²) in [5.74, 6) is 0. The van der Waals surface area contributed by atoms with Gasteiger partial charge in [-0.25, -0.2) is 4.98 Å². The van der Waals surface area contributed by atoms with Gasteiger partial charge in [-0.15, -0.1) is 71.7 Å². The van der Waals surface area contributed by atoms with Gasteiger partial charge >= 0.3 is 7.12 Å². The summed E-state index contributed by atoms with van der Waals surface area (Å²) in [4.78, 5) is 17.2. The van der Waals surface area contributed by atoms with Crippen molar-refractivity contribution in [3.8, 4) is 33.8 Å². The SMILES string of the molecule is Clc1cc2c(cn1)CCCC2.OB(O)c1ccccc1.[2H]c1[c-]c(-c2ccccn2)c([2H])c([2H])c1[2H].[Ir].[c-]1ccccc1-c1cc2c(cn1)CCCC2.c1ccc(-c2cc3c(cn2)CCCC3)cc1. The summed E-state index contributed by atoms with van der Waals surface area (Å²) < 4.78 is 30.1. The number of pyridine rings is 4. The summed E-state index contributed by atoms with van der Waals surface area (Å²) in [5, 5.41) is 17.8. The third kappa shape index (κ3) is 15.2. The first-order chi connectivity index (χ1) is 33.1. The first kappa shape index (κ1) is 43.3. The van der Waals surface area contributed by atoms with Gasteiger partial charge in [-0.3, -0.25) is 4.98 Å². The van der Waals surface area contributed by atoms with Crippen molar-refractivity contribution in [2.75, 3.05) is 0 Å². The minimum Gasteiger partial charge on any atom is -0.423 e. The van der Waals surface area contributed by atoms with Crippen LogP contribution in [0.25, 0.3) is 33.8 Å². The molecule has 0 saturated heterocycles. The Balaban J connectivity index is 0.000000143. The summed E-state index contributed by atoms with van der Waals surface area (Å²) in [6, 6.07) is 43.8. The van der Waals surface area contributed by atoms with E-state index in [4.69, 9.17) is 27.1 Å². The molecular weight excluding hydrogens is 999 g/mol. The fraction of sp³-hybridized carbons (Fsp3) is 0.214. The average molecular weight is 1060 g/mol. The number of aromatic nitrogens is 4. The predicted octanol–water partition coefficient (Wildman–Crippen LogP) is 11.6. The van der Waals surface area contributed by atoms with Gasteiger partial charge < -0.3 is 20.0 Å². The van der Waals surface area contributed by atoms with Gasteiger partial charge in [0.05, 0.1) is 5.69 Å². The standard InChI is InChI=1S/C15H15N.C15H14N.C11H8N.C9H10ClN.C6H7BO2.Ir/c2*1-2-6-12(7-3-1)15-10-13-8-4-5-9-14(13)11-16-15;1-2-6-10(7-3-1)11-8-4-5-9-12-11;10-9-5-7-3-1-2-4-8(7)6-11-9;8-7(9)6-4-2-1-3-5-6;/h1-3,6-7,10-11H,4-5,8-9H2;1-3,6,10-11H,4-5,8-9H2;1-6,8-9H;5-6H,1-4H2;1-5,8-9H;/q;2*-1;;;/i;;1D,2D,3D,6D;;;. The van der Waals surface area contributed by atoms with Crippen LogP contribution in [-0.2, 0) is 58.6 Å². The molecule has 331 valence electrons. The number of fused-ring (bicyclic) bond motifs is 3. The molecule has 0 bridgehead atoms. The Hall–Kier alpha value is -5.60. The Morgan fingerprint density at radius 3 is 1.62 bits per heavy atom. The Labute approximate surface area is 409 Å². The van der Waals surface area contributed by atoms with Gasteiger partial charge in [0, 0.05) is 53.2 Å². The normalized spacial score (nSPS) is 13.8. The van der Waals surface area contributed by atoms with Crippen LogP contribution in [0.4, 0.5) is 0 Å². The Morgan fingerprint density at radius 2 is 1.05 bits per heavy atom. The molecule has 0 unspecified atom stereocenters. The van der Waals surface area contributed by atoms with E-state index in [0.29, 0.717) is 21.9 Å². The second kappa shape index (κ2) is 26.4. The minimum atomic E-state index is -1.34. The van der Waals surface area contributed by atoms with Crippen LogP contribution in [0.15, 0.2) is 170 Å². The van der Waals surface area contributed by atoms with Gasteiger partial charge in [0.15, 0.2) is 0 Å². The number of aryl methyl sites for hydroxylation is 6. The largest absolute Gasteiger partial charge is 0.488 e. The molecule has 6 nitrogen and oxygen atoms in total. The zero-order chi connectivity index (χ0) is 47.7. The first-order valence-electron chi connectivity index (χ1n) is 24.1. The Bertz CT molecular complexity index is 2760. The van der Waals surface area contributed by atoms with Gasteiger partial charge in [-0.1, -0.05) is 96.0 Å². The van der Waals surface area contributed by atoms with E-state index in [9.17, 15) is 0 Å². The van der Waals surface area contributed by atoms with Crippen molar-refractivity contribution >= 4 is 24.2 Å². The van der Waals surface area contributed by atoms with Crippen LogP contribution in [-0.4, -0.2) is 37.1 Å². The smallest absolute Gasteiger partial charge is 0.423 e. The van der Waals surface area contributed by atoms with Crippen LogP contribution >= 0.6 is 11.6 Å². The molecule has 3 aliphatic carbocycles. The maximum Gasteiger partial charge on any atom is 0.488 e. The summed E-state index contributed by atoms with van der Waals surface area (Å²) in [6.45, 7) is 0. The van der Waals surface area contributed by atoms with E-state index in [1.165, 1.54) is 116 Å². The fourth-order valence-corrected chi connectivity index (χ4v) is 7.97. The molecule has 3 aliphatic rings. The molecule has 1 radical (unpaired) electrons. The molecule has 4 aromatic carbocycles. The van der Waals surface area contributed by atoms with Crippen LogP contribution in [0.3, 0.4) is 0 Å². The summed E-state index contributed by atoms with van der Waals surface area (Å²) in [6.07, 6.45) is 22.7. The van der Waals surface area contributed by atoms with Crippen molar-refractivity contribution < 1.29 is 35.6 Å². The van der Waals surface area contributed by atoms with Crippen molar-refractivity contribution in [3.05, 3.63) is 221 Å². The molecular formula is C56H54BClIrN4O2-2. The zero-order valence-corrected chi connectivity index (χ0v) is 39.5. The molecule has 65 heavy (non-hydrogen) atoms. The van der Waals surface area contributed by atoms with E-state index < -0.39 is 7.12 Å². The number of benzene rings is 4. The number of nitrogens with zero attached hydrogens (tertiary/aromatic N) is 4. The number of hydrogen-bond acceptors (Lipinski definition) is 6. The molecule has 0 saturated carbocycles. The molecule has 0 aliphatic heterocycles. The van der Waals surface area contributed by atoms with Gasteiger partial charge in [0.25, 0.3) is 0 Å². The average Bonchev–Trinajstić information content (AvgIpc) is 3.40. The van der Waals surface area contributed by atoms with Crippen LogP contribution in [0.1, 0.15) is 77.4 Å². The van der Waals surface area contributed by atoms with E-state index in [-0.39, 0.29) is 44.3 Å². The van der Waals surface area contributed by atoms with E-state index in [2.05, 4.69) is 80.7 Å². The number of halogens is 1. The monoisotopic (exact) mass is 1060 g/mol. The quantitative estimate of drug-likeness (QED) is 0.104. The molecule has 9 heteroatoms. The van der Waals surface area contributed by atoms with Crippen LogP contribution in [0, 0.1) is 12.1 Å². The third-order valence-electron chi connectivity index (χ3n) is 11.2. The second-order valence-corrected chi connectivity index (χ2v) is 16.1. The van der Waals surface area contributed by atoms with E-state index >= 15 is 0 Å². The topological polar surface area (TPSA) is 92.0 Å². The molecule has 0 atom stereocenters. The van der Waals surface area contributed by atoms with Crippen molar-refractivity contribution in [3.63, 3.8) is 0 Å². The maximum atomic E-state index is 8.58. The Kier molecular flexibility index (Phi) is 17.6. The molecule has 2 N–H and O–H groups in total. The van der Waals surface area contributed by atoms with Crippen LogP contribution < -0.4 is 5.46 Å². The first-order valence-corrected chi connectivity index (χ1v) is 22.5. The predicted molar refractivity (Wildman–Crippen MR) is 262 cm³/mol. The van der Waals surface area contributed by atoms with Gasteiger partial charge in [-0.2, -0.15) is 0 Å². The molecule has 4 heterocycles. The van der Waals surface area contributed by atoms with Crippen molar-refractivity contribution in [1.82, 2.24) is 19.9 Å². The van der Waals surface area contributed by atoms with E-state index in [1.807, 2.05) is 48.8 Å². The second-order valence-electron chi connectivity index (χ2n) is 15.7. The summed E-state index contributed by atoms with van der Waals surface area (Å²) in [7, 11) is -1.34. The number of hydrogen-bond donors (Lipinski definition) is 2. The number of rotatable bonds is 4. The molecule has 0 amide bonds. The van der Waals surface area contributed by atoms with E-state index in [1.54, 1.807) is 48.7 Å². The molecule has 4 aromatic heterocycles. The van der Waals surface area contributed by atoms with Crippen molar-refractivity contribution in [2.24, 2.45) is 0 Å². The van der Waals surface area contributed by atoms with Gasteiger partial charge in [-0.05, 0) is 143 Å². The fourth-order valence-electron chi connectivity index (χ4n) is 7.79.